The van der Waals surface area contributed by atoms with Crippen LogP contribution >= 0.6 is 12.2 Å². The third-order valence-corrected chi connectivity index (χ3v) is 2.06. The number of hydrogen-bond acceptors (Lipinski definition) is 2. The van der Waals surface area contributed by atoms with Crippen molar-refractivity contribution in [2.45, 2.75) is 0 Å². The van der Waals surface area contributed by atoms with Crippen LogP contribution in [0.5, 0.6) is 0 Å². The highest BCUT2D eigenvalue weighted by Crippen LogP contribution is 2.12. The summed E-state index contributed by atoms with van der Waals surface area (Å²) in [5.74, 6) is 0. The molecule has 1 aromatic carbocycles. The lowest BCUT2D eigenvalue weighted by Gasteiger charge is -2.13. The zero-order valence-electron chi connectivity index (χ0n) is 6.23. The lowest BCUT2D eigenvalue weighted by atomic mass is 10.2. The van der Waals surface area contributed by atoms with Gasteiger partial charge in [0.05, 0.1) is 0 Å². The summed E-state index contributed by atoms with van der Waals surface area (Å²) in [5.41, 5.74) is 0.630. The monoisotopic (exact) mass is 176 g/mol. The lowest BCUT2D eigenvalue weighted by Crippen LogP contribution is -1.91. The fourth-order valence-corrected chi connectivity index (χ4v) is 1.33. The number of rotatable bonds is 0. The van der Waals surface area contributed by atoms with Crippen LogP contribution < -0.4 is 0 Å². The van der Waals surface area contributed by atoms with Gasteiger partial charge in [-0.25, -0.2) is 0 Å². The van der Waals surface area contributed by atoms with Crippen LogP contribution in [0.15, 0.2) is 36.4 Å². The van der Waals surface area contributed by atoms with Gasteiger partial charge in [0.25, 0.3) is 0 Å². The quantitative estimate of drug-likeness (QED) is 0.577. The van der Waals surface area contributed by atoms with E-state index in [9.17, 15) is 5.21 Å². The first kappa shape index (κ1) is 7.31. The molecule has 0 aliphatic rings. The van der Waals surface area contributed by atoms with Gasteiger partial charge in [0.1, 0.15) is 4.64 Å². The smallest absolute Gasteiger partial charge is 0.101 e. The normalized spacial score (nSPS) is 10.3. The van der Waals surface area contributed by atoms with E-state index in [4.69, 9.17) is 12.2 Å². The molecule has 12 heavy (non-hydrogen) atoms. The van der Waals surface area contributed by atoms with Crippen molar-refractivity contribution >= 4 is 23.1 Å². The molecule has 0 N–H and O–H groups in total. The summed E-state index contributed by atoms with van der Waals surface area (Å²) >= 11 is 4.83. The third-order valence-electron chi connectivity index (χ3n) is 1.76. The van der Waals surface area contributed by atoms with Crippen molar-refractivity contribution in [2.75, 3.05) is 0 Å². The second kappa shape index (κ2) is 2.60. The van der Waals surface area contributed by atoms with Crippen molar-refractivity contribution in [2.24, 2.45) is 0 Å². The number of aromatic nitrogens is 1. The number of nitrogens with zero attached hydrogens (tertiary/aromatic N) is 1. The van der Waals surface area contributed by atoms with E-state index in [1.807, 2.05) is 24.3 Å². The molecule has 0 aliphatic heterocycles. The third kappa shape index (κ3) is 0.987. The van der Waals surface area contributed by atoms with Gasteiger partial charge >= 0.3 is 0 Å². The molecule has 60 valence electrons. The molecule has 2 nitrogen and oxygen atoms in total. The number of hydrogen-bond donors (Lipinski definition) is 0. The molecule has 0 saturated carbocycles. The first-order chi connectivity index (χ1) is 5.79. The molecule has 0 aliphatic carbocycles. The van der Waals surface area contributed by atoms with E-state index in [2.05, 4.69) is 0 Å². The first-order valence-corrected chi connectivity index (χ1v) is 3.98. The van der Waals surface area contributed by atoms with Gasteiger partial charge in [-0.3, -0.25) is 0 Å². The van der Waals surface area contributed by atoms with Crippen LogP contribution in [0, 0.1) is 9.85 Å². The van der Waals surface area contributed by atoms with Gasteiger partial charge in [-0.15, -0.1) is 0 Å². The second-order valence-corrected chi connectivity index (χ2v) is 2.94. The Labute approximate surface area is 74.6 Å². The standard InChI is InChI=1S/C9H6NOS/c11-10-8-4-2-1-3-7(8)5-6-9(10)12/h1-6H/q-1. The molecule has 1 aromatic heterocycles. The number of benzene rings is 1. The van der Waals surface area contributed by atoms with Crippen molar-refractivity contribution in [1.82, 2.24) is 4.73 Å². The molecule has 0 atom stereocenters. The molecule has 0 spiro atoms. The largest absolute Gasteiger partial charge is 0.805 e. The Morgan fingerprint density at radius 1 is 1.08 bits per heavy atom. The van der Waals surface area contributed by atoms with Gasteiger partial charge in [-0.1, -0.05) is 30.4 Å². The Morgan fingerprint density at radius 3 is 2.67 bits per heavy atom. The minimum atomic E-state index is 0.314. The van der Waals surface area contributed by atoms with E-state index in [-0.39, 0.29) is 0 Å². The summed E-state index contributed by atoms with van der Waals surface area (Å²) in [5, 5.41) is 12.3. The molecule has 2 rings (SSSR count). The Balaban J connectivity index is 3.01. The van der Waals surface area contributed by atoms with E-state index >= 15 is 0 Å². The molecular weight excluding hydrogens is 170 g/mol. The molecule has 0 amide bonds. The Hall–Kier alpha value is -1.35. The molecule has 3 heteroatoms. The maximum absolute atomic E-state index is 11.3. The molecule has 1 heterocycles. The minimum absolute atomic E-state index is 0.314. The van der Waals surface area contributed by atoms with Gasteiger partial charge in [0.2, 0.25) is 0 Å². The van der Waals surface area contributed by atoms with Crippen molar-refractivity contribution in [1.29, 1.82) is 0 Å². The lowest BCUT2D eigenvalue weighted by molar-refractivity contribution is 1.10. The Kier molecular flexibility index (Phi) is 1.59. The fourth-order valence-electron chi connectivity index (χ4n) is 1.16. The predicted octanol–water partition coefficient (Wildman–Crippen LogP) is 2.72. The molecule has 0 bridgehead atoms. The van der Waals surface area contributed by atoms with Crippen LogP contribution in [0.4, 0.5) is 0 Å². The average molecular weight is 176 g/mol. The summed E-state index contributed by atoms with van der Waals surface area (Å²) < 4.78 is 1.08. The summed E-state index contributed by atoms with van der Waals surface area (Å²) in [7, 11) is 0. The first-order valence-electron chi connectivity index (χ1n) is 3.57. The Bertz CT molecular complexity index is 475. The van der Waals surface area contributed by atoms with Crippen LogP contribution in [0.1, 0.15) is 0 Å². The second-order valence-electron chi connectivity index (χ2n) is 2.52. The van der Waals surface area contributed by atoms with Crippen molar-refractivity contribution in [3.8, 4) is 0 Å². The highest BCUT2D eigenvalue weighted by atomic mass is 32.1. The van der Waals surface area contributed by atoms with Gasteiger partial charge < -0.3 is 9.94 Å². The van der Waals surface area contributed by atoms with Crippen LogP contribution in [-0.4, -0.2) is 4.73 Å². The van der Waals surface area contributed by atoms with E-state index < -0.39 is 0 Å². The van der Waals surface area contributed by atoms with Crippen molar-refractivity contribution < 1.29 is 0 Å². The van der Waals surface area contributed by atoms with Crippen LogP contribution in [0.25, 0.3) is 10.9 Å². The fraction of sp³-hybridized carbons (Fsp3) is 0. The SMILES string of the molecule is [O-]n1c(=S)ccc2ccccc21. The number of pyridine rings is 1. The van der Waals surface area contributed by atoms with Crippen molar-refractivity contribution in [3.05, 3.63) is 46.2 Å². The van der Waals surface area contributed by atoms with Crippen molar-refractivity contribution in [3.63, 3.8) is 0 Å². The number of para-hydroxylation sites is 1. The minimum Gasteiger partial charge on any atom is -0.805 e. The zero-order valence-corrected chi connectivity index (χ0v) is 7.04. The molecular formula is C9H6NOS-. The van der Waals surface area contributed by atoms with Crippen LogP contribution in [0.3, 0.4) is 0 Å². The van der Waals surface area contributed by atoms with E-state index in [1.165, 1.54) is 0 Å². The summed E-state index contributed by atoms with van der Waals surface area (Å²) in [6.07, 6.45) is 0. The molecule has 0 radical (unpaired) electrons. The molecule has 0 saturated heterocycles. The maximum Gasteiger partial charge on any atom is 0.101 e. The highest BCUT2D eigenvalue weighted by molar-refractivity contribution is 7.71. The van der Waals surface area contributed by atoms with Gasteiger partial charge in [-0.2, -0.15) is 0 Å². The summed E-state index contributed by atoms with van der Waals surface area (Å²) in [6.45, 7) is 0. The molecule has 0 unspecified atom stereocenters. The van der Waals surface area contributed by atoms with E-state index in [0.717, 1.165) is 10.1 Å². The molecule has 2 aromatic rings. The number of fused-ring (bicyclic) bond motifs is 1. The summed E-state index contributed by atoms with van der Waals surface area (Å²) in [6, 6.07) is 10.9. The van der Waals surface area contributed by atoms with E-state index in [0.29, 0.717) is 10.2 Å². The molecule has 0 fully saturated rings. The van der Waals surface area contributed by atoms with E-state index in [1.54, 1.807) is 12.1 Å². The summed E-state index contributed by atoms with van der Waals surface area (Å²) in [4.78, 5) is 0. The Morgan fingerprint density at radius 2 is 1.83 bits per heavy atom. The van der Waals surface area contributed by atoms with Crippen LogP contribution in [-0.2, 0) is 0 Å². The van der Waals surface area contributed by atoms with Gasteiger partial charge in [-0.05, 0) is 23.6 Å². The zero-order chi connectivity index (χ0) is 8.55. The van der Waals surface area contributed by atoms with Gasteiger partial charge in [0.15, 0.2) is 0 Å². The topological polar surface area (TPSA) is 28.0 Å². The van der Waals surface area contributed by atoms with Gasteiger partial charge in [0, 0.05) is 5.52 Å². The maximum atomic E-state index is 11.3. The predicted molar refractivity (Wildman–Crippen MR) is 51.5 cm³/mol. The average Bonchev–Trinajstić information content (AvgIpc) is 2.12. The van der Waals surface area contributed by atoms with Crippen LogP contribution in [0.2, 0.25) is 0 Å². The highest BCUT2D eigenvalue weighted by Gasteiger charge is 1.90.